The van der Waals surface area contributed by atoms with Crippen molar-refractivity contribution in [3.8, 4) is 11.5 Å². The second-order valence-electron chi connectivity index (χ2n) is 11.1. The number of carbonyl (C=O) groups is 1. The van der Waals surface area contributed by atoms with Crippen LogP contribution in [-0.4, -0.2) is 22.7 Å². The zero-order chi connectivity index (χ0) is 21.7. The number of carbonyl (C=O) groups excluding carboxylic acids is 1. The van der Waals surface area contributed by atoms with Crippen molar-refractivity contribution in [2.45, 2.75) is 103 Å². The molecule has 2 atom stereocenters. The van der Waals surface area contributed by atoms with Crippen LogP contribution in [0.4, 0.5) is 0 Å². The number of aromatic hydroxyl groups is 1. The van der Waals surface area contributed by atoms with Gasteiger partial charge >= 0.3 is 0 Å². The largest absolute Gasteiger partial charge is 0.508 e. The highest BCUT2D eigenvalue weighted by Gasteiger charge is 2.47. The highest BCUT2D eigenvalue weighted by atomic mass is 16.5. The van der Waals surface area contributed by atoms with Gasteiger partial charge in [-0.2, -0.15) is 0 Å². The molecule has 0 aromatic heterocycles. The number of nitrogens with one attached hydrogen (secondary N) is 1. The number of fused-ring (bicyclic) bond motifs is 3. The summed E-state index contributed by atoms with van der Waals surface area (Å²) in [6.45, 7) is 10.7. The number of amides is 1. The third-order valence-electron chi connectivity index (χ3n) is 7.40. The predicted molar refractivity (Wildman–Crippen MR) is 120 cm³/mol. The average molecular weight is 412 g/mol. The van der Waals surface area contributed by atoms with E-state index in [1.807, 2.05) is 6.07 Å². The van der Waals surface area contributed by atoms with Gasteiger partial charge in [0.15, 0.2) is 0 Å². The lowest BCUT2D eigenvalue weighted by molar-refractivity contribution is -0.118. The summed E-state index contributed by atoms with van der Waals surface area (Å²) < 4.78 is 6.43. The molecule has 1 amide bonds. The molecule has 4 heteroatoms. The SMILES string of the molecule is CC(C)(C)c1cc(O)c2c(c1)OC(C)(C)[C@@H]1CC=C(C(=O)NC3CCCCC3)C[C@@H]21. The second-order valence-corrected chi connectivity index (χ2v) is 11.1. The molecule has 2 N–H and O–H groups in total. The van der Waals surface area contributed by atoms with E-state index in [2.05, 4.69) is 52.1 Å². The van der Waals surface area contributed by atoms with E-state index in [-0.39, 0.29) is 28.8 Å². The van der Waals surface area contributed by atoms with Gasteiger partial charge in [-0.25, -0.2) is 0 Å². The Kier molecular flexibility index (Phi) is 5.40. The Hall–Kier alpha value is -1.97. The molecule has 0 unspecified atom stereocenters. The van der Waals surface area contributed by atoms with E-state index < -0.39 is 0 Å². The van der Waals surface area contributed by atoms with Gasteiger partial charge in [-0.05, 0) is 62.6 Å². The molecule has 1 aliphatic heterocycles. The van der Waals surface area contributed by atoms with E-state index in [0.717, 1.165) is 41.7 Å². The van der Waals surface area contributed by atoms with Crippen molar-refractivity contribution in [2.75, 3.05) is 0 Å². The molecule has 3 aliphatic rings. The number of hydrogen-bond donors (Lipinski definition) is 2. The van der Waals surface area contributed by atoms with Gasteiger partial charge in [0.25, 0.3) is 0 Å². The summed E-state index contributed by atoms with van der Waals surface area (Å²) >= 11 is 0. The van der Waals surface area contributed by atoms with E-state index in [4.69, 9.17) is 4.74 Å². The molecule has 1 aromatic carbocycles. The third-order valence-corrected chi connectivity index (χ3v) is 7.40. The molecule has 0 bridgehead atoms. The van der Waals surface area contributed by atoms with Crippen LogP contribution in [0.5, 0.6) is 11.5 Å². The average Bonchev–Trinajstić information content (AvgIpc) is 2.66. The van der Waals surface area contributed by atoms with Crippen molar-refractivity contribution in [3.63, 3.8) is 0 Å². The Labute approximate surface area is 181 Å². The van der Waals surface area contributed by atoms with Crippen LogP contribution in [0, 0.1) is 5.92 Å². The molecule has 1 heterocycles. The van der Waals surface area contributed by atoms with Crippen LogP contribution in [0.2, 0.25) is 0 Å². The molecular weight excluding hydrogens is 374 g/mol. The molecule has 0 spiro atoms. The first kappa shape index (κ1) is 21.3. The number of ether oxygens (including phenoxy) is 1. The number of phenolic OH excluding ortho intramolecular Hbond substituents is 1. The molecule has 2 aliphatic carbocycles. The Morgan fingerprint density at radius 3 is 2.53 bits per heavy atom. The summed E-state index contributed by atoms with van der Waals surface area (Å²) in [5.74, 6) is 1.49. The van der Waals surface area contributed by atoms with Crippen molar-refractivity contribution in [2.24, 2.45) is 5.92 Å². The van der Waals surface area contributed by atoms with E-state index >= 15 is 0 Å². The maximum atomic E-state index is 13.0. The minimum atomic E-state index is -0.345. The van der Waals surface area contributed by atoms with Gasteiger partial charge in [0.05, 0.1) is 0 Å². The number of benzene rings is 1. The van der Waals surface area contributed by atoms with Gasteiger partial charge in [0.1, 0.15) is 17.1 Å². The molecular formula is C26H37NO3. The van der Waals surface area contributed by atoms with Gasteiger partial charge in [0, 0.05) is 29.0 Å². The highest BCUT2D eigenvalue weighted by molar-refractivity contribution is 5.94. The molecule has 0 saturated heterocycles. The maximum absolute atomic E-state index is 13.0. The van der Waals surface area contributed by atoms with Gasteiger partial charge in [-0.3, -0.25) is 4.79 Å². The number of hydrogen-bond acceptors (Lipinski definition) is 3. The lowest BCUT2D eigenvalue weighted by atomic mass is 9.66. The number of allylic oxidation sites excluding steroid dienone is 1. The van der Waals surface area contributed by atoms with Gasteiger partial charge in [0.2, 0.25) is 5.91 Å². The lowest BCUT2D eigenvalue weighted by Gasteiger charge is -2.47. The fraction of sp³-hybridized carbons (Fsp3) is 0.654. The first-order chi connectivity index (χ1) is 14.1. The van der Waals surface area contributed by atoms with Crippen LogP contribution in [0.3, 0.4) is 0 Å². The monoisotopic (exact) mass is 411 g/mol. The topological polar surface area (TPSA) is 58.6 Å². The predicted octanol–water partition coefficient (Wildman–Crippen LogP) is 5.73. The fourth-order valence-electron chi connectivity index (χ4n) is 5.54. The quantitative estimate of drug-likeness (QED) is 0.653. The molecule has 4 rings (SSSR count). The van der Waals surface area contributed by atoms with Gasteiger partial charge < -0.3 is 15.2 Å². The lowest BCUT2D eigenvalue weighted by Crippen LogP contribution is -2.46. The van der Waals surface area contributed by atoms with E-state index in [1.54, 1.807) is 0 Å². The van der Waals surface area contributed by atoms with Gasteiger partial charge in [-0.15, -0.1) is 0 Å². The molecule has 4 nitrogen and oxygen atoms in total. The van der Waals surface area contributed by atoms with Crippen molar-refractivity contribution < 1.29 is 14.6 Å². The summed E-state index contributed by atoms with van der Waals surface area (Å²) in [7, 11) is 0. The summed E-state index contributed by atoms with van der Waals surface area (Å²) in [4.78, 5) is 13.0. The third kappa shape index (κ3) is 3.98. The molecule has 164 valence electrons. The second kappa shape index (κ2) is 7.62. The number of phenols is 1. The zero-order valence-electron chi connectivity index (χ0n) is 19.2. The van der Waals surface area contributed by atoms with E-state index in [0.29, 0.717) is 18.2 Å². The Balaban J connectivity index is 1.63. The smallest absolute Gasteiger partial charge is 0.247 e. The van der Waals surface area contributed by atoms with Crippen molar-refractivity contribution in [3.05, 3.63) is 34.9 Å². The molecule has 1 aromatic rings. The van der Waals surface area contributed by atoms with E-state index in [9.17, 15) is 9.90 Å². The first-order valence-electron chi connectivity index (χ1n) is 11.6. The van der Waals surface area contributed by atoms with Crippen LogP contribution in [-0.2, 0) is 10.2 Å². The summed E-state index contributed by atoms with van der Waals surface area (Å²) in [5, 5.41) is 14.3. The first-order valence-corrected chi connectivity index (χ1v) is 11.6. The molecule has 1 fully saturated rings. The molecule has 1 saturated carbocycles. The Morgan fingerprint density at radius 1 is 1.17 bits per heavy atom. The minimum absolute atomic E-state index is 0.0750. The van der Waals surface area contributed by atoms with E-state index in [1.165, 1.54) is 19.3 Å². The van der Waals surface area contributed by atoms with Crippen molar-refractivity contribution in [1.82, 2.24) is 5.32 Å². The van der Waals surface area contributed by atoms with Crippen LogP contribution < -0.4 is 10.1 Å². The summed E-state index contributed by atoms with van der Waals surface area (Å²) in [6.07, 6.45) is 9.43. The molecule has 0 radical (unpaired) electrons. The Morgan fingerprint density at radius 2 is 1.87 bits per heavy atom. The van der Waals surface area contributed by atoms with Gasteiger partial charge in [-0.1, -0.05) is 46.1 Å². The Bertz CT molecular complexity index is 856. The highest BCUT2D eigenvalue weighted by Crippen LogP contribution is 2.54. The number of rotatable bonds is 2. The normalized spacial score (nSPS) is 26.1. The standard InChI is InChI=1S/C26H37NO3/c1-25(2,3)17-14-21(28)23-19-13-16(24(29)27-18-9-7-6-8-10-18)11-12-20(19)26(4,5)30-22(23)15-17/h11,14-15,18-20,28H,6-10,12-13H2,1-5H3,(H,27,29)/t19-,20-/m1/s1. The zero-order valence-corrected chi connectivity index (χ0v) is 19.2. The van der Waals surface area contributed by atoms with Crippen LogP contribution in [0.15, 0.2) is 23.8 Å². The van der Waals surface area contributed by atoms with Crippen LogP contribution in [0.1, 0.15) is 96.6 Å². The molecule has 30 heavy (non-hydrogen) atoms. The summed E-state index contributed by atoms with van der Waals surface area (Å²) in [5.41, 5.74) is 2.39. The minimum Gasteiger partial charge on any atom is -0.508 e. The van der Waals surface area contributed by atoms with Crippen LogP contribution in [0.25, 0.3) is 0 Å². The van der Waals surface area contributed by atoms with Crippen molar-refractivity contribution in [1.29, 1.82) is 0 Å². The fourth-order valence-corrected chi connectivity index (χ4v) is 5.54. The maximum Gasteiger partial charge on any atom is 0.247 e. The van der Waals surface area contributed by atoms with Crippen LogP contribution >= 0.6 is 0 Å². The van der Waals surface area contributed by atoms with Crippen molar-refractivity contribution >= 4 is 5.91 Å². The summed E-state index contributed by atoms with van der Waals surface area (Å²) in [6, 6.07) is 4.29.